The topological polar surface area (TPSA) is 49.6 Å². The van der Waals surface area contributed by atoms with Crippen LogP contribution in [0.1, 0.15) is 13.3 Å². The molecular weight excluding hydrogens is 298 g/mol. The minimum absolute atomic E-state index is 0.0218. The summed E-state index contributed by atoms with van der Waals surface area (Å²) in [6.45, 7) is 4.08. The number of ketones is 1. The quantitative estimate of drug-likeness (QED) is 0.351. The predicted molar refractivity (Wildman–Crippen MR) is 73.4 cm³/mol. The molecule has 1 saturated heterocycles. The number of hydrogen-bond acceptors (Lipinski definition) is 3. The number of alkyl halides is 2. The molecule has 0 bridgehead atoms. The Bertz CT molecular complexity index is 320. The fourth-order valence-corrected chi connectivity index (χ4v) is 4.47. The van der Waals surface area contributed by atoms with Gasteiger partial charge in [0.2, 0.25) is 0 Å². The van der Waals surface area contributed by atoms with Gasteiger partial charge in [-0.2, -0.15) is 0 Å². The Hall–Kier alpha value is 0.360. The molecule has 0 amide bonds. The first-order valence-corrected chi connectivity index (χ1v) is 8.51. The minimum Gasteiger partial charge on any atom is -0.305 e. The van der Waals surface area contributed by atoms with Crippen LogP contribution in [0.25, 0.3) is 0 Å². The Kier molecular flexibility index (Phi) is 7.14. The summed E-state index contributed by atoms with van der Waals surface area (Å²) >= 11 is 11.4. The van der Waals surface area contributed by atoms with Gasteiger partial charge >= 0.3 is 7.67 Å². The second-order valence-electron chi connectivity index (χ2n) is 4.06. The Morgan fingerprint density at radius 1 is 1.33 bits per heavy atom. The van der Waals surface area contributed by atoms with Crippen LogP contribution in [-0.4, -0.2) is 59.7 Å². The van der Waals surface area contributed by atoms with Gasteiger partial charge in [-0.3, -0.25) is 9.36 Å². The predicted octanol–water partition coefficient (Wildman–Crippen LogP) is 2.19. The molecule has 1 aliphatic heterocycles. The molecule has 0 spiro atoms. The Balaban J connectivity index is 2.64. The van der Waals surface area contributed by atoms with Crippen LogP contribution in [0.3, 0.4) is 0 Å². The van der Waals surface area contributed by atoms with E-state index in [1.165, 1.54) is 6.92 Å². The van der Waals surface area contributed by atoms with Crippen molar-refractivity contribution in [2.45, 2.75) is 13.3 Å². The summed E-state index contributed by atoms with van der Waals surface area (Å²) in [4.78, 5) is 10.9. The summed E-state index contributed by atoms with van der Waals surface area (Å²) in [5, 5.41) is 0. The van der Waals surface area contributed by atoms with E-state index in [2.05, 4.69) is 0 Å². The van der Waals surface area contributed by atoms with Gasteiger partial charge in [-0.05, 0) is 6.92 Å². The number of nitrogens with zero attached hydrogens (tertiary/aromatic N) is 2. The lowest BCUT2D eigenvalue weighted by Gasteiger charge is -2.30. The fourth-order valence-electron chi connectivity index (χ4n) is 1.51. The van der Waals surface area contributed by atoms with Gasteiger partial charge < -0.3 is 4.52 Å². The molecule has 1 fully saturated rings. The minimum atomic E-state index is -3.03. The molecule has 1 heterocycles. The van der Waals surface area contributed by atoms with E-state index in [9.17, 15) is 9.36 Å². The SMILES string of the molecule is CC(=O)CCOP(=O)(N(CCCl)CCCl)N1CC1. The van der Waals surface area contributed by atoms with Crippen LogP contribution < -0.4 is 0 Å². The summed E-state index contributed by atoms with van der Waals surface area (Å²) in [5.41, 5.74) is 0. The van der Waals surface area contributed by atoms with Gasteiger partial charge in [0.15, 0.2) is 0 Å². The molecule has 106 valence electrons. The van der Waals surface area contributed by atoms with Gasteiger partial charge in [-0.1, -0.05) is 0 Å². The number of carbonyl (C=O) groups is 1. The van der Waals surface area contributed by atoms with E-state index in [4.69, 9.17) is 27.7 Å². The third kappa shape index (κ3) is 4.80. The summed E-state index contributed by atoms with van der Waals surface area (Å²) in [6.07, 6.45) is 0.271. The molecule has 0 aliphatic carbocycles. The van der Waals surface area contributed by atoms with Crippen molar-refractivity contribution in [1.29, 1.82) is 0 Å². The van der Waals surface area contributed by atoms with Crippen molar-refractivity contribution in [3.8, 4) is 0 Å². The maximum Gasteiger partial charge on any atom is 0.346 e. The van der Waals surface area contributed by atoms with E-state index in [-0.39, 0.29) is 18.8 Å². The van der Waals surface area contributed by atoms with Gasteiger partial charge in [0.1, 0.15) is 5.78 Å². The third-order valence-corrected chi connectivity index (χ3v) is 5.62. The van der Waals surface area contributed by atoms with Crippen LogP contribution in [0.5, 0.6) is 0 Å². The number of carbonyl (C=O) groups excluding carboxylic acids is 1. The van der Waals surface area contributed by atoms with E-state index in [1.807, 2.05) is 0 Å². The van der Waals surface area contributed by atoms with Crippen molar-refractivity contribution in [1.82, 2.24) is 9.34 Å². The normalized spacial score (nSPS) is 18.9. The number of halogens is 2. The third-order valence-electron chi connectivity index (χ3n) is 2.54. The molecule has 0 N–H and O–H groups in total. The zero-order valence-corrected chi connectivity index (χ0v) is 12.9. The molecule has 0 aromatic rings. The molecular formula is C10H19Cl2N2O3P. The maximum atomic E-state index is 12.8. The molecule has 1 unspecified atom stereocenters. The van der Waals surface area contributed by atoms with E-state index in [0.29, 0.717) is 24.8 Å². The van der Waals surface area contributed by atoms with Crippen molar-refractivity contribution < 1.29 is 13.9 Å². The number of rotatable bonds is 10. The average Bonchev–Trinajstić information content (AvgIpc) is 3.12. The van der Waals surface area contributed by atoms with Crippen LogP contribution >= 0.6 is 30.9 Å². The zero-order chi connectivity index (χ0) is 13.6. The fraction of sp³-hybridized carbons (Fsp3) is 0.900. The number of Topliss-reactive ketones (excluding diaryl/α,β-unsaturated/α-hetero) is 1. The Labute approximate surface area is 118 Å². The van der Waals surface area contributed by atoms with E-state index in [0.717, 1.165) is 13.1 Å². The molecule has 0 radical (unpaired) electrons. The second-order valence-corrected chi connectivity index (χ2v) is 7.19. The van der Waals surface area contributed by atoms with Gasteiger partial charge in [-0.25, -0.2) is 9.34 Å². The lowest BCUT2D eigenvalue weighted by atomic mass is 10.3. The van der Waals surface area contributed by atoms with Crippen LogP contribution in [0.2, 0.25) is 0 Å². The van der Waals surface area contributed by atoms with Crippen LogP contribution in [0, 0.1) is 0 Å². The highest BCUT2D eigenvalue weighted by molar-refractivity contribution is 7.54. The Morgan fingerprint density at radius 3 is 2.28 bits per heavy atom. The first-order chi connectivity index (χ1) is 8.54. The first-order valence-electron chi connectivity index (χ1n) is 5.91. The van der Waals surface area contributed by atoms with Crippen molar-refractivity contribution in [3.05, 3.63) is 0 Å². The smallest absolute Gasteiger partial charge is 0.305 e. The van der Waals surface area contributed by atoms with Crippen LogP contribution in [0.4, 0.5) is 0 Å². The van der Waals surface area contributed by atoms with Gasteiger partial charge in [-0.15, -0.1) is 23.2 Å². The monoisotopic (exact) mass is 316 g/mol. The lowest BCUT2D eigenvalue weighted by molar-refractivity contribution is -0.117. The highest BCUT2D eigenvalue weighted by atomic mass is 35.5. The van der Waals surface area contributed by atoms with E-state index >= 15 is 0 Å². The standard InChI is InChI=1S/C10H19Cl2N2O3P/c1-10(15)2-9-17-18(16,14-7-8-14)13(5-3-11)6-4-12/h2-9H2,1H3. The molecule has 0 aromatic carbocycles. The second kappa shape index (κ2) is 7.83. The van der Waals surface area contributed by atoms with Crippen molar-refractivity contribution in [2.24, 2.45) is 0 Å². The average molecular weight is 317 g/mol. The summed E-state index contributed by atoms with van der Waals surface area (Å²) in [6, 6.07) is 0. The summed E-state index contributed by atoms with van der Waals surface area (Å²) in [5.74, 6) is 0.754. The molecule has 18 heavy (non-hydrogen) atoms. The molecule has 5 nitrogen and oxygen atoms in total. The highest BCUT2D eigenvalue weighted by Gasteiger charge is 2.44. The van der Waals surface area contributed by atoms with Crippen LogP contribution in [0.15, 0.2) is 0 Å². The van der Waals surface area contributed by atoms with E-state index < -0.39 is 7.67 Å². The Morgan fingerprint density at radius 2 is 1.89 bits per heavy atom. The van der Waals surface area contributed by atoms with Crippen molar-refractivity contribution in [2.75, 3.05) is 44.5 Å². The van der Waals surface area contributed by atoms with Gasteiger partial charge in [0.25, 0.3) is 0 Å². The largest absolute Gasteiger partial charge is 0.346 e. The van der Waals surface area contributed by atoms with E-state index in [1.54, 1.807) is 9.34 Å². The number of hydrogen-bond donors (Lipinski definition) is 0. The molecule has 1 aliphatic rings. The molecule has 1 atom stereocenters. The highest BCUT2D eigenvalue weighted by Crippen LogP contribution is 2.57. The molecule has 0 saturated carbocycles. The van der Waals surface area contributed by atoms with Crippen molar-refractivity contribution in [3.63, 3.8) is 0 Å². The summed E-state index contributed by atoms with van der Waals surface area (Å²) < 4.78 is 21.8. The van der Waals surface area contributed by atoms with Crippen LogP contribution in [-0.2, 0) is 13.9 Å². The maximum absolute atomic E-state index is 12.8. The lowest BCUT2D eigenvalue weighted by Crippen LogP contribution is -2.29. The first kappa shape index (κ1) is 16.4. The van der Waals surface area contributed by atoms with Crippen molar-refractivity contribution >= 4 is 36.7 Å². The molecule has 1 rings (SSSR count). The molecule has 8 heteroatoms. The van der Waals surface area contributed by atoms with Gasteiger partial charge in [0, 0.05) is 44.4 Å². The molecule has 0 aromatic heterocycles. The zero-order valence-electron chi connectivity index (χ0n) is 10.5. The van der Waals surface area contributed by atoms with Gasteiger partial charge in [0.05, 0.1) is 6.61 Å². The summed E-state index contributed by atoms with van der Waals surface area (Å²) in [7, 11) is -3.03.